The molecule has 0 saturated carbocycles. The van der Waals surface area contributed by atoms with Crippen LogP contribution in [0.1, 0.15) is 30.5 Å². The summed E-state index contributed by atoms with van der Waals surface area (Å²) in [6, 6.07) is 15.4. The number of anilines is 2. The highest BCUT2D eigenvalue weighted by Crippen LogP contribution is 2.54. The Balaban J connectivity index is 1.45. The number of imide groups is 1. The minimum atomic E-state index is -1.48. The first-order valence-electron chi connectivity index (χ1n) is 13.0. The second-order valence-electron chi connectivity index (χ2n) is 10.4. The molecule has 3 aromatic carbocycles. The zero-order valence-corrected chi connectivity index (χ0v) is 21.8. The second kappa shape index (κ2) is 9.20. The topological polar surface area (TPSA) is 145 Å². The lowest BCUT2D eigenvalue weighted by Gasteiger charge is -2.30. The summed E-state index contributed by atoms with van der Waals surface area (Å²) in [4.78, 5) is 54.4. The van der Waals surface area contributed by atoms with Crippen molar-refractivity contribution in [1.29, 1.82) is 0 Å². The first kappa shape index (κ1) is 25.6. The Morgan fingerprint density at radius 1 is 0.950 bits per heavy atom. The standard InChI is InChI=1S/C30H27N3O7/c1-3-16-4-10-21-20(12-16)30(29(39)31-21)26-25(22(32-30)13-17-5-11-23(35)24(36)14-17)27(37)33(28(26)38)18-6-8-19(9-7-18)40-15(2)34/h4-12,14,22,25-26,32,35-36H,3,13H2,1-2H3,(H,31,39)/t22-,25+,26+,30+/m0/s1. The van der Waals surface area contributed by atoms with E-state index < -0.39 is 47.1 Å². The van der Waals surface area contributed by atoms with Gasteiger partial charge in [0.2, 0.25) is 17.7 Å². The van der Waals surface area contributed by atoms with Crippen LogP contribution in [-0.4, -0.2) is 39.9 Å². The minimum Gasteiger partial charge on any atom is -0.504 e. The van der Waals surface area contributed by atoms with E-state index in [4.69, 9.17) is 4.74 Å². The number of nitrogens with one attached hydrogen (secondary N) is 2. The molecule has 10 heteroatoms. The lowest BCUT2D eigenvalue weighted by Crippen LogP contribution is -2.53. The fourth-order valence-electron chi connectivity index (χ4n) is 6.28. The van der Waals surface area contributed by atoms with Crippen LogP contribution >= 0.6 is 0 Å². The van der Waals surface area contributed by atoms with Gasteiger partial charge in [-0.25, -0.2) is 4.90 Å². The lowest BCUT2D eigenvalue weighted by molar-refractivity contribution is -0.132. The van der Waals surface area contributed by atoms with Gasteiger partial charge in [0.25, 0.3) is 0 Å². The molecule has 2 fully saturated rings. The van der Waals surface area contributed by atoms with Crippen LogP contribution in [0.4, 0.5) is 11.4 Å². The molecule has 0 aromatic heterocycles. The highest BCUT2D eigenvalue weighted by Gasteiger charge is 2.70. The SMILES string of the molecule is CCc1ccc2c(c1)[C@]1(N[C@@H](Cc3ccc(O)c(O)c3)[C@H]3C(=O)N(c4ccc(OC(C)=O)cc4)C(=O)[C@@H]31)C(=O)N2. The van der Waals surface area contributed by atoms with E-state index in [0.717, 1.165) is 16.9 Å². The average molecular weight is 542 g/mol. The van der Waals surface area contributed by atoms with E-state index in [1.807, 2.05) is 25.1 Å². The van der Waals surface area contributed by atoms with Crippen molar-refractivity contribution in [1.82, 2.24) is 5.32 Å². The van der Waals surface area contributed by atoms with E-state index in [1.54, 1.807) is 6.07 Å². The number of nitrogens with zero attached hydrogens (tertiary/aromatic N) is 1. The summed E-state index contributed by atoms with van der Waals surface area (Å²) in [5, 5.41) is 26.1. The van der Waals surface area contributed by atoms with Gasteiger partial charge in [0.1, 0.15) is 11.3 Å². The Morgan fingerprint density at radius 3 is 2.35 bits per heavy atom. The second-order valence-corrected chi connectivity index (χ2v) is 10.4. The maximum atomic E-state index is 14.2. The summed E-state index contributed by atoms with van der Waals surface area (Å²) in [6.07, 6.45) is 0.931. The molecule has 4 atom stereocenters. The number of phenols is 2. The normalized spacial score (nSPS) is 24.8. The third-order valence-electron chi connectivity index (χ3n) is 8.04. The zero-order chi connectivity index (χ0) is 28.3. The van der Waals surface area contributed by atoms with Gasteiger partial charge < -0.3 is 20.3 Å². The Bertz CT molecular complexity index is 1580. The van der Waals surface area contributed by atoms with Gasteiger partial charge in [-0.05, 0) is 66.4 Å². The Morgan fingerprint density at radius 2 is 1.68 bits per heavy atom. The van der Waals surface area contributed by atoms with Crippen LogP contribution in [0.15, 0.2) is 60.7 Å². The van der Waals surface area contributed by atoms with E-state index in [0.29, 0.717) is 22.5 Å². The van der Waals surface area contributed by atoms with E-state index in [2.05, 4.69) is 10.6 Å². The molecular weight excluding hydrogens is 514 g/mol. The Labute approximate surface area is 229 Å². The monoisotopic (exact) mass is 541 g/mol. The van der Waals surface area contributed by atoms with Gasteiger partial charge in [-0.15, -0.1) is 0 Å². The molecule has 3 aromatic rings. The third kappa shape index (κ3) is 3.75. The number of aryl methyl sites for hydroxylation is 1. The molecule has 204 valence electrons. The highest BCUT2D eigenvalue weighted by molar-refractivity contribution is 6.25. The fourth-order valence-corrected chi connectivity index (χ4v) is 6.28. The summed E-state index contributed by atoms with van der Waals surface area (Å²) in [7, 11) is 0. The third-order valence-corrected chi connectivity index (χ3v) is 8.04. The molecule has 1 spiro atoms. The molecule has 0 unspecified atom stereocenters. The van der Waals surface area contributed by atoms with Gasteiger partial charge in [0.05, 0.1) is 17.5 Å². The fraction of sp³-hybridized carbons (Fsp3) is 0.267. The highest BCUT2D eigenvalue weighted by atomic mass is 16.5. The predicted octanol–water partition coefficient (Wildman–Crippen LogP) is 2.75. The smallest absolute Gasteiger partial charge is 0.308 e. The number of carbonyl (C=O) groups is 4. The molecule has 10 nitrogen and oxygen atoms in total. The lowest BCUT2D eigenvalue weighted by atomic mass is 9.76. The number of rotatable bonds is 5. The summed E-state index contributed by atoms with van der Waals surface area (Å²) in [6.45, 7) is 3.27. The zero-order valence-electron chi connectivity index (χ0n) is 21.8. The summed E-state index contributed by atoms with van der Waals surface area (Å²) in [5.41, 5.74) is 1.63. The number of fused-ring (bicyclic) bond motifs is 4. The summed E-state index contributed by atoms with van der Waals surface area (Å²) in [5.74, 6) is -4.10. The number of aromatic hydroxyl groups is 2. The minimum absolute atomic E-state index is 0.213. The molecule has 3 aliphatic heterocycles. The summed E-state index contributed by atoms with van der Waals surface area (Å²) >= 11 is 0. The molecule has 0 aliphatic carbocycles. The van der Waals surface area contributed by atoms with Gasteiger partial charge in [0.15, 0.2) is 11.5 Å². The van der Waals surface area contributed by atoms with E-state index >= 15 is 0 Å². The van der Waals surface area contributed by atoms with Gasteiger partial charge in [0, 0.05) is 24.2 Å². The number of hydrogen-bond acceptors (Lipinski definition) is 8. The van der Waals surface area contributed by atoms with E-state index in [1.165, 1.54) is 43.3 Å². The molecule has 0 bridgehead atoms. The van der Waals surface area contributed by atoms with Crippen molar-refractivity contribution in [3.8, 4) is 17.2 Å². The number of benzene rings is 3. The molecule has 0 radical (unpaired) electrons. The molecule has 3 heterocycles. The molecular formula is C30H27N3O7. The van der Waals surface area contributed by atoms with Crippen LogP contribution in [0.2, 0.25) is 0 Å². The molecule has 4 N–H and O–H groups in total. The Hall–Kier alpha value is -4.70. The van der Waals surface area contributed by atoms with Crippen LogP contribution < -0.4 is 20.3 Å². The van der Waals surface area contributed by atoms with Crippen molar-refractivity contribution in [2.75, 3.05) is 10.2 Å². The first-order chi connectivity index (χ1) is 19.1. The molecule has 3 amide bonds. The van der Waals surface area contributed by atoms with E-state index in [-0.39, 0.29) is 23.7 Å². The van der Waals surface area contributed by atoms with Gasteiger partial charge >= 0.3 is 5.97 Å². The number of carbonyl (C=O) groups excluding carboxylic acids is 4. The van der Waals surface area contributed by atoms with Gasteiger partial charge in [-0.3, -0.25) is 24.5 Å². The maximum absolute atomic E-state index is 14.2. The maximum Gasteiger partial charge on any atom is 0.308 e. The number of amides is 3. The van der Waals surface area contributed by atoms with Crippen molar-refractivity contribution in [2.45, 2.75) is 38.3 Å². The largest absolute Gasteiger partial charge is 0.504 e. The van der Waals surface area contributed by atoms with Crippen LogP contribution in [-0.2, 0) is 37.6 Å². The molecule has 2 saturated heterocycles. The van der Waals surface area contributed by atoms with Crippen LogP contribution in [0.3, 0.4) is 0 Å². The average Bonchev–Trinajstić information content (AvgIpc) is 3.50. The first-order valence-corrected chi connectivity index (χ1v) is 13.0. The molecule has 40 heavy (non-hydrogen) atoms. The van der Waals surface area contributed by atoms with Crippen molar-refractivity contribution >= 4 is 35.1 Å². The predicted molar refractivity (Wildman–Crippen MR) is 144 cm³/mol. The number of esters is 1. The number of ether oxygens (including phenoxy) is 1. The van der Waals surface area contributed by atoms with Crippen LogP contribution in [0.25, 0.3) is 0 Å². The van der Waals surface area contributed by atoms with Crippen molar-refractivity contribution in [3.05, 3.63) is 77.4 Å². The van der Waals surface area contributed by atoms with E-state index in [9.17, 15) is 29.4 Å². The number of phenolic OH excluding ortho intramolecular Hbond substituents is 2. The Kier molecular flexibility index (Phi) is 5.88. The van der Waals surface area contributed by atoms with Crippen molar-refractivity contribution < 1.29 is 34.1 Å². The van der Waals surface area contributed by atoms with Gasteiger partial charge in [-0.2, -0.15) is 0 Å². The number of hydrogen-bond donors (Lipinski definition) is 4. The summed E-state index contributed by atoms with van der Waals surface area (Å²) < 4.78 is 5.08. The van der Waals surface area contributed by atoms with Crippen molar-refractivity contribution in [3.63, 3.8) is 0 Å². The molecule has 3 aliphatic rings. The molecule has 6 rings (SSSR count). The quantitative estimate of drug-likeness (QED) is 0.167. The van der Waals surface area contributed by atoms with Gasteiger partial charge in [-0.1, -0.05) is 25.1 Å². The van der Waals surface area contributed by atoms with Crippen molar-refractivity contribution in [2.24, 2.45) is 11.8 Å². The van der Waals surface area contributed by atoms with Crippen LogP contribution in [0, 0.1) is 11.8 Å². The van der Waals surface area contributed by atoms with Crippen LogP contribution in [0.5, 0.6) is 17.2 Å².